The Morgan fingerprint density at radius 3 is 2.85 bits per heavy atom. The third-order valence-electron chi connectivity index (χ3n) is 4.84. The second kappa shape index (κ2) is 6.19. The molecule has 1 aliphatic heterocycles. The van der Waals surface area contributed by atoms with E-state index in [4.69, 9.17) is 0 Å². The van der Waals surface area contributed by atoms with Crippen molar-refractivity contribution in [2.24, 2.45) is 5.92 Å². The average molecular weight is 278 g/mol. The Labute approximate surface area is 119 Å². The molecule has 2 heterocycles. The molecule has 0 spiro atoms. The zero-order chi connectivity index (χ0) is 13.9. The van der Waals surface area contributed by atoms with Gasteiger partial charge in [0.25, 0.3) is 0 Å². The minimum Gasteiger partial charge on any atom is -0.393 e. The molecule has 0 aromatic carbocycles. The Balaban J connectivity index is 1.69. The number of rotatable bonds is 3. The van der Waals surface area contributed by atoms with E-state index >= 15 is 0 Å². The number of hydrogen-bond acceptors (Lipinski definition) is 3. The van der Waals surface area contributed by atoms with Crippen LogP contribution in [0.15, 0.2) is 18.5 Å². The fraction of sp³-hybridized carbons (Fsp3) is 0.688. The Morgan fingerprint density at radius 1 is 1.20 bits per heavy atom. The SMILES string of the molecule is OC1CCCCC1C1CCCN1Cc1cncc(F)c1. The first kappa shape index (κ1) is 14.0. The maximum atomic E-state index is 13.2. The third kappa shape index (κ3) is 3.01. The number of pyridine rings is 1. The van der Waals surface area contributed by atoms with Gasteiger partial charge in [-0.15, -0.1) is 0 Å². The molecule has 3 nitrogen and oxygen atoms in total. The lowest BCUT2D eigenvalue weighted by molar-refractivity contribution is 0.0201. The van der Waals surface area contributed by atoms with Crippen LogP contribution in [0.5, 0.6) is 0 Å². The lowest BCUT2D eigenvalue weighted by atomic mass is 9.80. The lowest BCUT2D eigenvalue weighted by Gasteiger charge is -2.37. The average Bonchev–Trinajstić information content (AvgIpc) is 2.87. The van der Waals surface area contributed by atoms with Crippen molar-refractivity contribution in [3.8, 4) is 0 Å². The van der Waals surface area contributed by atoms with Crippen molar-refractivity contribution in [1.29, 1.82) is 0 Å². The maximum Gasteiger partial charge on any atom is 0.141 e. The van der Waals surface area contributed by atoms with Crippen LogP contribution in [0.4, 0.5) is 4.39 Å². The van der Waals surface area contributed by atoms with Gasteiger partial charge in [-0.05, 0) is 43.9 Å². The molecule has 2 aliphatic rings. The molecule has 1 N–H and O–H groups in total. The van der Waals surface area contributed by atoms with E-state index in [-0.39, 0.29) is 11.9 Å². The molecule has 0 bridgehead atoms. The van der Waals surface area contributed by atoms with E-state index < -0.39 is 0 Å². The molecule has 3 rings (SSSR count). The fourth-order valence-electron chi connectivity index (χ4n) is 3.90. The van der Waals surface area contributed by atoms with Crippen molar-refractivity contribution in [2.75, 3.05) is 6.54 Å². The zero-order valence-electron chi connectivity index (χ0n) is 11.8. The summed E-state index contributed by atoms with van der Waals surface area (Å²) in [6, 6.07) is 2.02. The van der Waals surface area contributed by atoms with Crippen LogP contribution in [0.2, 0.25) is 0 Å². The van der Waals surface area contributed by atoms with E-state index in [0.717, 1.165) is 44.3 Å². The summed E-state index contributed by atoms with van der Waals surface area (Å²) in [5.41, 5.74) is 0.933. The molecule has 20 heavy (non-hydrogen) atoms. The highest BCUT2D eigenvalue weighted by Crippen LogP contribution is 2.35. The van der Waals surface area contributed by atoms with Crippen molar-refractivity contribution in [3.05, 3.63) is 29.8 Å². The standard InChI is InChI=1S/C16H23FN2O/c17-13-8-12(9-18-10-13)11-19-7-3-5-15(19)14-4-1-2-6-16(14)20/h8-10,14-16,20H,1-7,11H2. The van der Waals surface area contributed by atoms with Crippen LogP contribution in [0.3, 0.4) is 0 Å². The molecule has 1 saturated carbocycles. The van der Waals surface area contributed by atoms with E-state index in [1.807, 2.05) is 0 Å². The smallest absolute Gasteiger partial charge is 0.141 e. The van der Waals surface area contributed by atoms with Gasteiger partial charge in [-0.25, -0.2) is 4.39 Å². The molecule has 2 fully saturated rings. The Kier molecular flexibility index (Phi) is 4.32. The largest absolute Gasteiger partial charge is 0.393 e. The fourth-order valence-corrected chi connectivity index (χ4v) is 3.90. The molecule has 3 unspecified atom stereocenters. The number of likely N-dealkylation sites (tertiary alicyclic amines) is 1. The summed E-state index contributed by atoms with van der Waals surface area (Å²) in [5, 5.41) is 10.3. The van der Waals surface area contributed by atoms with Crippen LogP contribution in [0, 0.1) is 11.7 Å². The van der Waals surface area contributed by atoms with E-state index in [9.17, 15) is 9.50 Å². The molecule has 1 aliphatic carbocycles. The minimum absolute atomic E-state index is 0.153. The predicted molar refractivity (Wildman–Crippen MR) is 75.6 cm³/mol. The van der Waals surface area contributed by atoms with Crippen LogP contribution in [0.25, 0.3) is 0 Å². The maximum absolute atomic E-state index is 13.2. The molecule has 1 saturated heterocycles. The van der Waals surface area contributed by atoms with E-state index in [2.05, 4.69) is 9.88 Å². The normalized spacial score (nSPS) is 31.6. The summed E-state index contributed by atoms with van der Waals surface area (Å²) in [7, 11) is 0. The van der Waals surface area contributed by atoms with E-state index in [1.165, 1.54) is 19.0 Å². The number of aliphatic hydroxyl groups is 1. The second-order valence-corrected chi connectivity index (χ2v) is 6.21. The molecular weight excluding hydrogens is 255 g/mol. The first-order chi connectivity index (χ1) is 9.74. The number of hydrogen-bond donors (Lipinski definition) is 1. The van der Waals surface area contributed by atoms with Gasteiger partial charge in [0, 0.05) is 24.7 Å². The first-order valence-electron chi connectivity index (χ1n) is 7.75. The molecule has 0 amide bonds. The van der Waals surface area contributed by atoms with Gasteiger partial charge in [0.05, 0.1) is 12.3 Å². The Morgan fingerprint density at radius 2 is 2.05 bits per heavy atom. The second-order valence-electron chi connectivity index (χ2n) is 6.21. The van der Waals surface area contributed by atoms with Crippen molar-refractivity contribution in [3.63, 3.8) is 0 Å². The number of nitrogens with zero attached hydrogens (tertiary/aromatic N) is 2. The highest BCUT2D eigenvalue weighted by molar-refractivity contribution is 5.10. The molecule has 1 aromatic heterocycles. The van der Waals surface area contributed by atoms with Gasteiger partial charge >= 0.3 is 0 Å². The summed E-state index contributed by atoms with van der Waals surface area (Å²) in [6.07, 6.45) is 9.62. The Bertz CT molecular complexity index is 454. The third-order valence-corrected chi connectivity index (χ3v) is 4.84. The van der Waals surface area contributed by atoms with Gasteiger partial charge in [-0.1, -0.05) is 12.8 Å². The van der Waals surface area contributed by atoms with Crippen molar-refractivity contribution >= 4 is 0 Å². The van der Waals surface area contributed by atoms with Crippen LogP contribution in [0.1, 0.15) is 44.1 Å². The summed E-state index contributed by atoms with van der Waals surface area (Å²) in [4.78, 5) is 6.34. The van der Waals surface area contributed by atoms with E-state index in [1.54, 1.807) is 12.3 Å². The number of aliphatic hydroxyl groups excluding tert-OH is 1. The molecule has 3 atom stereocenters. The van der Waals surface area contributed by atoms with Crippen LogP contribution in [-0.4, -0.2) is 33.7 Å². The van der Waals surface area contributed by atoms with Gasteiger partial charge in [0.2, 0.25) is 0 Å². The summed E-state index contributed by atoms with van der Waals surface area (Å²) in [6.45, 7) is 1.79. The molecular formula is C16H23FN2O. The molecule has 0 radical (unpaired) electrons. The lowest BCUT2D eigenvalue weighted by Crippen LogP contribution is -2.42. The molecule has 110 valence electrons. The summed E-state index contributed by atoms with van der Waals surface area (Å²) < 4.78 is 13.2. The number of aromatic nitrogens is 1. The monoisotopic (exact) mass is 278 g/mol. The molecule has 4 heteroatoms. The van der Waals surface area contributed by atoms with Crippen molar-refractivity contribution in [1.82, 2.24) is 9.88 Å². The zero-order valence-corrected chi connectivity index (χ0v) is 11.8. The highest BCUT2D eigenvalue weighted by atomic mass is 19.1. The Hall–Kier alpha value is -1.00. The van der Waals surface area contributed by atoms with Gasteiger partial charge in [-0.2, -0.15) is 0 Å². The summed E-state index contributed by atoms with van der Waals surface area (Å²) >= 11 is 0. The minimum atomic E-state index is -0.268. The number of halogens is 1. The first-order valence-corrected chi connectivity index (χ1v) is 7.75. The van der Waals surface area contributed by atoms with Crippen molar-refractivity contribution < 1.29 is 9.50 Å². The van der Waals surface area contributed by atoms with Gasteiger partial charge in [0.15, 0.2) is 0 Å². The van der Waals surface area contributed by atoms with Crippen LogP contribution < -0.4 is 0 Å². The quantitative estimate of drug-likeness (QED) is 0.923. The predicted octanol–water partition coefficient (Wildman–Crippen LogP) is 2.74. The van der Waals surface area contributed by atoms with Crippen LogP contribution >= 0.6 is 0 Å². The molecule has 1 aromatic rings. The van der Waals surface area contributed by atoms with Crippen molar-refractivity contribution in [2.45, 2.75) is 57.2 Å². The highest BCUT2D eigenvalue weighted by Gasteiger charge is 2.36. The van der Waals surface area contributed by atoms with E-state index in [0.29, 0.717) is 12.0 Å². The van der Waals surface area contributed by atoms with Gasteiger partial charge in [0.1, 0.15) is 5.82 Å². The summed E-state index contributed by atoms with van der Waals surface area (Å²) in [5.74, 6) is 0.128. The van der Waals surface area contributed by atoms with Crippen LogP contribution in [-0.2, 0) is 6.54 Å². The van der Waals surface area contributed by atoms with Gasteiger partial charge < -0.3 is 5.11 Å². The van der Waals surface area contributed by atoms with Gasteiger partial charge in [-0.3, -0.25) is 9.88 Å². The topological polar surface area (TPSA) is 36.4 Å².